The van der Waals surface area contributed by atoms with Crippen molar-refractivity contribution >= 4 is 52.3 Å². The predicted molar refractivity (Wildman–Crippen MR) is 118 cm³/mol. The molecule has 0 unspecified atom stereocenters. The first-order chi connectivity index (χ1) is 13.4. The van der Waals surface area contributed by atoms with Gasteiger partial charge in [-0.1, -0.05) is 58.6 Å². The van der Waals surface area contributed by atoms with Crippen molar-refractivity contribution in [3.63, 3.8) is 0 Å². The fourth-order valence-corrected chi connectivity index (χ4v) is 2.96. The Morgan fingerprint density at radius 3 is 2.18 bits per heavy atom. The van der Waals surface area contributed by atoms with Crippen LogP contribution in [0.15, 0.2) is 48.0 Å². The van der Waals surface area contributed by atoms with E-state index >= 15 is 0 Å². The molecule has 1 rings (SSSR count). The van der Waals surface area contributed by atoms with Crippen molar-refractivity contribution in [2.24, 2.45) is 0 Å². The summed E-state index contributed by atoms with van der Waals surface area (Å²) in [5.41, 5.74) is 0. The van der Waals surface area contributed by atoms with Gasteiger partial charge in [-0.05, 0) is 18.9 Å². The van der Waals surface area contributed by atoms with Crippen molar-refractivity contribution in [1.82, 2.24) is 4.90 Å². The normalized spacial score (nSPS) is 10.1. The van der Waals surface area contributed by atoms with Gasteiger partial charge in [-0.15, -0.1) is 13.2 Å². The average Bonchev–Trinajstić information content (AvgIpc) is 2.62. The smallest absolute Gasteiger partial charge is 0.223 e. The van der Waals surface area contributed by atoms with Crippen molar-refractivity contribution in [2.75, 3.05) is 26.3 Å². The van der Waals surface area contributed by atoms with Gasteiger partial charge in [-0.25, -0.2) is 0 Å². The van der Waals surface area contributed by atoms with E-state index in [0.29, 0.717) is 60.5 Å². The largest absolute Gasteiger partial charge is 0.490 e. The number of halogens is 4. The summed E-state index contributed by atoms with van der Waals surface area (Å²) in [5.74, 6) is 0.916. The highest BCUT2D eigenvalue weighted by molar-refractivity contribution is 6.55. The van der Waals surface area contributed by atoms with Gasteiger partial charge in [-0.2, -0.15) is 0 Å². The molecule has 0 spiro atoms. The highest BCUT2D eigenvalue weighted by atomic mass is 35.5. The predicted octanol–water partition coefficient (Wildman–Crippen LogP) is 6.44. The van der Waals surface area contributed by atoms with E-state index in [1.807, 2.05) is 0 Å². The first kappa shape index (κ1) is 24.7. The lowest BCUT2D eigenvalue weighted by Crippen LogP contribution is -2.31. The quantitative estimate of drug-likeness (QED) is 0.248. The Kier molecular flexibility index (Phi) is 12.2. The number of benzene rings is 1. The molecule has 8 heteroatoms. The number of ether oxygens (including phenoxy) is 2. The fraction of sp³-hybridized carbons (Fsp3) is 0.350. The molecular formula is C20H23Cl4NO3. The van der Waals surface area contributed by atoms with E-state index in [1.165, 1.54) is 6.08 Å². The van der Waals surface area contributed by atoms with E-state index in [0.717, 1.165) is 0 Å². The molecule has 0 saturated carbocycles. The summed E-state index contributed by atoms with van der Waals surface area (Å²) in [7, 11) is 0. The molecule has 0 aliphatic rings. The molecule has 28 heavy (non-hydrogen) atoms. The number of rotatable bonds is 13. The monoisotopic (exact) mass is 465 g/mol. The molecule has 0 atom stereocenters. The van der Waals surface area contributed by atoms with Gasteiger partial charge in [0, 0.05) is 31.6 Å². The number of amides is 1. The number of hydrogen-bond acceptors (Lipinski definition) is 3. The second-order valence-corrected chi connectivity index (χ2v) is 7.52. The minimum absolute atomic E-state index is 0.0588. The zero-order valence-corrected chi connectivity index (χ0v) is 18.5. The van der Waals surface area contributed by atoms with Gasteiger partial charge in [-0.3, -0.25) is 4.79 Å². The van der Waals surface area contributed by atoms with Crippen LogP contribution in [0.4, 0.5) is 0 Å². The Labute approximate surface area is 186 Å². The van der Waals surface area contributed by atoms with E-state index in [1.54, 1.807) is 29.2 Å². The molecule has 154 valence electrons. The lowest BCUT2D eigenvalue weighted by Gasteiger charge is -2.19. The minimum atomic E-state index is 0.0588. The number of nitrogens with zero attached hydrogens (tertiary/aromatic N) is 1. The molecule has 0 bridgehead atoms. The van der Waals surface area contributed by atoms with E-state index < -0.39 is 0 Å². The van der Waals surface area contributed by atoms with Crippen LogP contribution in [0.1, 0.15) is 19.3 Å². The van der Waals surface area contributed by atoms with Crippen LogP contribution in [-0.2, 0) is 4.79 Å². The molecule has 0 aliphatic carbocycles. The zero-order chi connectivity index (χ0) is 20.9. The van der Waals surface area contributed by atoms with Crippen LogP contribution >= 0.6 is 46.4 Å². The molecule has 0 heterocycles. The topological polar surface area (TPSA) is 38.8 Å². The van der Waals surface area contributed by atoms with Crippen molar-refractivity contribution in [2.45, 2.75) is 19.3 Å². The van der Waals surface area contributed by atoms with E-state index in [4.69, 9.17) is 55.9 Å². The molecule has 0 N–H and O–H groups in total. The van der Waals surface area contributed by atoms with Crippen molar-refractivity contribution in [3.05, 3.63) is 58.1 Å². The molecule has 0 fully saturated rings. The van der Waals surface area contributed by atoms with Crippen LogP contribution in [0.3, 0.4) is 0 Å². The average molecular weight is 467 g/mol. The molecule has 0 aliphatic heterocycles. The Morgan fingerprint density at radius 2 is 1.64 bits per heavy atom. The highest BCUT2D eigenvalue weighted by Gasteiger charge is 2.12. The molecule has 0 radical (unpaired) electrons. The Balaban J connectivity index is 2.46. The Morgan fingerprint density at radius 1 is 1.04 bits per heavy atom. The first-order valence-corrected chi connectivity index (χ1v) is 10.2. The summed E-state index contributed by atoms with van der Waals surface area (Å²) in [5, 5.41) is 0.672. The molecule has 4 nitrogen and oxygen atoms in total. The van der Waals surface area contributed by atoms with Crippen LogP contribution < -0.4 is 9.47 Å². The lowest BCUT2D eigenvalue weighted by molar-refractivity contribution is -0.130. The number of carbonyl (C=O) groups is 1. The first-order valence-electron chi connectivity index (χ1n) is 8.64. The maximum atomic E-state index is 12.1. The van der Waals surface area contributed by atoms with Crippen LogP contribution in [0.25, 0.3) is 0 Å². The van der Waals surface area contributed by atoms with Crippen molar-refractivity contribution in [3.8, 4) is 11.5 Å². The van der Waals surface area contributed by atoms with Gasteiger partial charge in [0.2, 0.25) is 5.91 Å². The third kappa shape index (κ3) is 9.24. The van der Waals surface area contributed by atoms with E-state index in [2.05, 4.69) is 13.2 Å². The fourth-order valence-electron chi connectivity index (χ4n) is 2.26. The molecule has 1 amide bonds. The molecule has 1 aromatic carbocycles. The maximum Gasteiger partial charge on any atom is 0.223 e. The number of carbonyl (C=O) groups excluding carboxylic acids is 1. The maximum absolute atomic E-state index is 12.1. The van der Waals surface area contributed by atoms with Crippen molar-refractivity contribution in [1.29, 1.82) is 0 Å². The summed E-state index contributed by atoms with van der Waals surface area (Å²) in [4.78, 5) is 13.8. The van der Waals surface area contributed by atoms with Gasteiger partial charge < -0.3 is 14.4 Å². The molecule has 0 aromatic heterocycles. The Bertz CT molecular complexity index is 670. The van der Waals surface area contributed by atoms with Gasteiger partial charge in [0.1, 0.15) is 16.8 Å². The minimum Gasteiger partial charge on any atom is -0.490 e. The second kappa shape index (κ2) is 13.8. The van der Waals surface area contributed by atoms with Crippen LogP contribution in [-0.4, -0.2) is 37.1 Å². The summed E-state index contributed by atoms with van der Waals surface area (Å²) in [6, 6.07) is 3.20. The second-order valence-electron chi connectivity index (χ2n) is 5.70. The van der Waals surface area contributed by atoms with Crippen LogP contribution in [0, 0.1) is 0 Å². The summed E-state index contributed by atoms with van der Waals surface area (Å²) in [6.07, 6.45) is 6.69. The zero-order valence-electron chi connectivity index (χ0n) is 15.4. The van der Waals surface area contributed by atoms with Gasteiger partial charge in [0.25, 0.3) is 0 Å². The number of unbranched alkanes of at least 4 members (excludes halogenated alkanes) is 1. The molecular weight excluding hydrogens is 444 g/mol. The SMILES string of the molecule is C=CCN(CC=C)C(=O)CCCCOc1c(Cl)cc(OCC=C(Cl)Cl)cc1Cl. The summed E-state index contributed by atoms with van der Waals surface area (Å²) in [6.45, 7) is 8.91. The standard InChI is InChI=1S/C20H23Cl4NO3/c1-3-9-25(10-4-2)19(26)7-5-6-11-28-20-16(21)13-15(14-17(20)22)27-12-8-18(23)24/h3-4,8,13-14H,1-2,5-7,9-12H2. The summed E-state index contributed by atoms with van der Waals surface area (Å²) >= 11 is 23.5. The Hall–Kier alpha value is -1.33. The number of hydrogen-bond donors (Lipinski definition) is 0. The van der Waals surface area contributed by atoms with Crippen LogP contribution in [0.5, 0.6) is 11.5 Å². The van der Waals surface area contributed by atoms with Gasteiger partial charge >= 0.3 is 0 Å². The van der Waals surface area contributed by atoms with E-state index in [-0.39, 0.29) is 17.0 Å². The molecule has 1 aromatic rings. The van der Waals surface area contributed by atoms with E-state index in [9.17, 15) is 4.79 Å². The van der Waals surface area contributed by atoms with Crippen LogP contribution in [0.2, 0.25) is 10.0 Å². The van der Waals surface area contributed by atoms with Crippen molar-refractivity contribution < 1.29 is 14.3 Å². The third-order valence-corrected chi connectivity index (χ3v) is 4.41. The lowest BCUT2D eigenvalue weighted by atomic mass is 10.2. The van der Waals surface area contributed by atoms with Gasteiger partial charge in [0.15, 0.2) is 5.75 Å². The molecule has 0 saturated heterocycles. The third-order valence-electron chi connectivity index (χ3n) is 3.54. The van der Waals surface area contributed by atoms with Gasteiger partial charge in [0.05, 0.1) is 16.7 Å². The highest BCUT2D eigenvalue weighted by Crippen LogP contribution is 2.37. The summed E-state index contributed by atoms with van der Waals surface area (Å²) < 4.78 is 11.2.